The molecule has 2 N–H and O–H groups in total. The number of aliphatic hydroxyl groups excluding tert-OH is 1. The molecule has 0 amide bonds. The lowest BCUT2D eigenvalue weighted by atomic mass is 9.86. The molecule has 0 bridgehead atoms. The van der Waals surface area contributed by atoms with Crippen LogP contribution in [-0.2, 0) is 12.0 Å². The van der Waals surface area contributed by atoms with Crippen molar-refractivity contribution in [2.45, 2.75) is 25.9 Å². The Hall–Kier alpha value is -0.0700. The van der Waals surface area contributed by atoms with Gasteiger partial charge in [0.15, 0.2) is 10.9 Å². The predicted octanol–water partition coefficient (Wildman–Crippen LogP) is 2.65. The molecule has 1 aromatic rings. The fraction of sp³-hybridized carbons (Fsp3) is 0.500. The molecule has 0 atom stereocenters. The van der Waals surface area contributed by atoms with Crippen LogP contribution in [-0.4, -0.2) is 19.6 Å². The van der Waals surface area contributed by atoms with Crippen molar-refractivity contribution < 1.29 is 10.2 Å². The summed E-state index contributed by atoms with van der Waals surface area (Å²) >= 11 is 8.03. The number of rotatable bonds is 3. The van der Waals surface area contributed by atoms with Gasteiger partial charge in [-0.25, -0.2) is 4.98 Å². The molecule has 0 aromatic carbocycles. The normalized spacial score (nSPS) is 11.8. The Morgan fingerprint density at radius 3 is 2.60 bits per heavy atom. The average molecular weight is 342 g/mol. The van der Waals surface area contributed by atoms with Crippen LogP contribution in [0.25, 0.3) is 0 Å². The van der Waals surface area contributed by atoms with Gasteiger partial charge in [0.2, 0.25) is 0 Å². The molecule has 0 spiro atoms. The van der Waals surface area contributed by atoms with Gasteiger partial charge < -0.3 is 10.2 Å². The number of hydrogen-bond acceptors (Lipinski definition) is 3. The lowest BCUT2D eigenvalue weighted by Crippen LogP contribution is -2.19. The van der Waals surface area contributed by atoms with Crippen molar-refractivity contribution in [2.24, 2.45) is 0 Å². The van der Waals surface area contributed by atoms with Crippen molar-refractivity contribution in [3.63, 3.8) is 0 Å². The molecule has 0 aliphatic rings. The molecule has 3 nitrogen and oxygen atoms in total. The number of nitrogens with zero attached hydrogens (tertiary/aromatic N) is 1. The standard InChI is InChI=1S/C10H13ClINO2/c1-10(2,5-12)7-3-6(4-14)13-9(11)8(7)15/h3,14-15H,4-5H2,1-2H3. The minimum Gasteiger partial charge on any atom is -0.504 e. The zero-order valence-corrected chi connectivity index (χ0v) is 11.5. The quantitative estimate of drug-likeness (QED) is 0.505. The summed E-state index contributed by atoms with van der Waals surface area (Å²) in [5.74, 6) is 0.00975. The summed E-state index contributed by atoms with van der Waals surface area (Å²) in [4.78, 5) is 3.86. The summed E-state index contributed by atoms with van der Waals surface area (Å²) in [6.07, 6.45) is 0. The molecular weight excluding hydrogens is 328 g/mol. The van der Waals surface area contributed by atoms with Crippen LogP contribution in [0.2, 0.25) is 5.15 Å². The molecule has 0 fully saturated rings. The van der Waals surface area contributed by atoms with E-state index < -0.39 is 0 Å². The first-order valence-electron chi connectivity index (χ1n) is 4.48. The minimum atomic E-state index is -0.193. The van der Waals surface area contributed by atoms with Crippen molar-refractivity contribution in [1.29, 1.82) is 0 Å². The van der Waals surface area contributed by atoms with Gasteiger partial charge in [0, 0.05) is 15.4 Å². The highest BCUT2D eigenvalue weighted by Crippen LogP contribution is 2.36. The fourth-order valence-corrected chi connectivity index (χ4v) is 1.85. The van der Waals surface area contributed by atoms with Crippen molar-refractivity contribution in [1.82, 2.24) is 4.98 Å². The van der Waals surface area contributed by atoms with Crippen LogP contribution in [0, 0.1) is 0 Å². The van der Waals surface area contributed by atoms with E-state index in [0.717, 1.165) is 9.99 Å². The predicted molar refractivity (Wildman–Crippen MR) is 68.7 cm³/mol. The third-order valence-corrected chi connectivity index (χ3v) is 4.40. The first-order chi connectivity index (χ1) is 6.92. The van der Waals surface area contributed by atoms with Gasteiger partial charge in [-0.1, -0.05) is 48.0 Å². The number of halogens is 2. The lowest BCUT2D eigenvalue weighted by molar-refractivity contribution is 0.276. The Kier molecular flexibility index (Phi) is 4.20. The molecule has 0 radical (unpaired) electrons. The maximum absolute atomic E-state index is 9.80. The largest absolute Gasteiger partial charge is 0.504 e. The first kappa shape index (κ1) is 13.0. The molecule has 0 saturated carbocycles. The monoisotopic (exact) mass is 341 g/mol. The molecule has 1 aromatic heterocycles. The van der Waals surface area contributed by atoms with Gasteiger partial charge in [-0.2, -0.15) is 0 Å². The zero-order valence-electron chi connectivity index (χ0n) is 8.59. The molecule has 15 heavy (non-hydrogen) atoms. The van der Waals surface area contributed by atoms with E-state index in [0.29, 0.717) is 5.69 Å². The Morgan fingerprint density at radius 2 is 2.13 bits per heavy atom. The third kappa shape index (κ3) is 2.73. The van der Waals surface area contributed by atoms with E-state index in [2.05, 4.69) is 27.6 Å². The maximum Gasteiger partial charge on any atom is 0.171 e. The molecular formula is C10H13ClINO2. The van der Waals surface area contributed by atoms with Crippen LogP contribution in [0.5, 0.6) is 5.75 Å². The van der Waals surface area contributed by atoms with Crippen LogP contribution >= 0.6 is 34.2 Å². The summed E-state index contributed by atoms with van der Waals surface area (Å²) < 4.78 is 0.837. The Labute approximate surface area is 108 Å². The number of alkyl halides is 1. The Morgan fingerprint density at radius 1 is 1.53 bits per heavy atom. The molecule has 5 heteroatoms. The number of aromatic nitrogens is 1. The van der Waals surface area contributed by atoms with Crippen LogP contribution < -0.4 is 0 Å². The highest BCUT2D eigenvalue weighted by molar-refractivity contribution is 14.1. The van der Waals surface area contributed by atoms with Gasteiger partial charge in [0.05, 0.1) is 12.3 Å². The van der Waals surface area contributed by atoms with Crippen LogP contribution in [0.15, 0.2) is 6.07 Å². The van der Waals surface area contributed by atoms with Gasteiger partial charge in [0.1, 0.15) is 0 Å². The Bertz CT molecular complexity index is 369. The highest BCUT2D eigenvalue weighted by Gasteiger charge is 2.25. The molecule has 0 unspecified atom stereocenters. The van der Waals surface area contributed by atoms with E-state index >= 15 is 0 Å². The second-order valence-electron chi connectivity index (χ2n) is 3.98. The third-order valence-electron chi connectivity index (χ3n) is 2.23. The van der Waals surface area contributed by atoms with Crippen molar-refractivity contribution in [2.75, 3.05) is 4.43 Å². The second kappa shape index (κ2) is 4.84. The number of hydrogen-bond donors (Lipinski definition) is 2. The van der Waals surface area contributed by atoms with Crippen molar-refractivity contribution in [3.8, 4) is 5.75 Å². The van der Waals surface area contributed by atoms with Crippen LogP contribution in [0.4, 0.5) is 0 Å². The second-order valence-corrected chi connectivity index (χ2v) is 5.10. The molecule has 0 aliphatic heterocycles. The van der Waals surface area contributed by atoms with E-state index in [-0.39, 0.29) is 22.9 Å². The van der Waals surface area contributed by atoms with Crippen molar-refractivity contribution in [3.05, 3.63) is 22.5 Å². The summed E-state index contributed by atoms with van der Waals surface area (Å²) in [7, 11) is 0. The minimum absolute atomic E-state index is 0.00975. The number of aliphatic hydroxyl groups is 1. The van der Waals surface area contributed by atoms with Crippen LogP contribution in [0.1, 0.15) is 25.1 Å². The summed E-state index contributed by atoms with van der Waals surface area (Å²) in [5, 5.41) is 18.9. The lowest BCUT2D eigenvalue weighted by Gasteiger charge is -2.24. The van der Waals surface area contributed by atoms with E-state index in [9.17, 15) is 5.11 Å². The molecule has 0 aliphatic carbocycles. The topological polar surface area (TPSA) is 53.4 Å². The SMILES string of the molecule is CC(C)(CI)c1cc(CO)nc(Cl)c1O. The van der Waals surface area contributed by atoms with Gasteiger partial charge in [-0.3, -0.25) is 0 Å². The van der Waals surface area contributed by atoms with Crippen molar-refractivity contribution >= 4 is 34.2 Å². The van der Waals surface area contributed by atoms with Gasteiger partial charge >= 0.3 is 0 Å². The fourth-order valence-electron chi connectivity index (χ4n) is 1.23. The van der Waals surface area contributed by atoms with Gasteiger partial charge in [-0.15, -0.1) is 0 Å². The maximum atomic E-state index is 9.80. The molecule has 84 valence electrons. The molecule has 1 rings (SSSR count). The smallest absolute Gasteiger partial charge is 0.171 e. The van der Waals surface area contributed by atoms with E-state index in [4.69, 9.17) is 16.7 Å². The van der Waals surface area contributed by atoms with Gasteiger partial charge in [-0.05, 0) is 6.07 Å². The van der Waals surface area contributed by atoms with Crippen LogP contribution in [0.3, 0.4) is 0 Å². The molecule has 0 saturated heterocycles. The van der Waals surface area contributed by atoms with E-state index in [1.807, 2.05) is 13.8 Å². The summed E-state index contributed by atoms with van der Waals surface area (Å²) in [5.41, 5.74) is 1.01. The number of pyridine rings is 1. The van der Waals surface area contributed by atoms with E-state index in [1.54, 1.807) is 6.07 Å². The Balaban J connectivity index is 3.34. The average Bonchev–Trinajstić information content (AvgIpc) is 2.21. The van der Waals surface area contributed by atoms with Gasteiger partial charge in [0.25, 0.3) is 0 Å². The summed E-state index contributed by atoms with van der Waals surface area (Å²) in [6, 6.07) is 1.69. The molecule has 1 heterocycles. The number of aromatic hydroxyl groups is 1. The zero-order chi connectivity index (χ0) is 11.6. The summed E-state index contributed by atoms with van der Waals surface area (Å²) in [6.45, 7) is 3.84. The first-order valence-corrected chi connectivity index (χ1v) is 6.38. The highest BCUT2D eigenvalue weighted by atomic mass is 127. The van der Waals surface area contributed by atoms with E-state index in [1.165, 1.54) is 0 Å².